The molecule has 0 aliphatic heterocycles. The molecule has 3 nitrogen and oxygen atoms in total. The number of hydrogen-bond acceptors (Lipinski definition) is 1. The molecule has 0 bridgehead atoms. The predicted molar refractivity (Wildman–Crippen MR) is 216 cm³/mol. The Morgan fingerprint density at radius 2 is 0.750 bits per heavy atom. The molecule has 10 aromatic rings. The molecule has 0 N–H and O–H groups in total. The summed E-state index contributed by atoms with van der Waals surface area (Å²) in [6.07, 6.45) is 0. The largest absolute Gasteiger partial charge is 0.309 e. The molecule has 0 atom stereocenters. The normalized spacial score (nSPS) is 11.4. The lowest BCUT2D eigenvalue weighted by molar-refractivity contribution is 1.18. The highest BCUT2D eigenvalue weighted by Gasteiger charge is 2.17. The van der Waals surface area contributed by atoms with Gasteiger partial charge in [-0.1, -0.05) is 109 Å². The minimum absolute atomic E-state index is 0.652. The van der Waals surface area contributed by atoms with E-state index in [0.717, 1.165) is 22.4 Å². The summed E-state index contributed by atoms with van der Waals surface area (Å²) in [4.78, 5) is 0. The zero-order valence-corrected chi connectivity index (χ0v) is 28.2. The van der Waals surface area contributed by atoms with E-state index >= 15 is 0 Å². The van der Waals surface area contributed by atoms with Gasteiger partial charge in [-0.25, -0.2) is 0 Å². The third-order valence-electron chi connectivity index (χ3n) is 10.3. The van der Waals surface area contributed by atoms with Gasteiger partial charge in [0.1, 0.15) is 0 Å². The van der Waals surface area contributed by atoms with Crippen LogP contribution in [0.1, 0.15) is 5.56 Å². The van der Waals surface area contributed by atoms with E-state index < -0.39 is 0 Å². The second kappa shape index (κ2) is 12.0. The van der Waals surface area contributed by atoms with E-state index in [1.165, 1.54) is 66.0 Å². The molecule has 2 heterocycles. The number of hydrogen-bond donors (Lipinski definition) is 0. The van der Waals surface area contributed by atoms with Crippen LogP contribution >= 0.6 is 0 Å². The fourth-order valence-electron chi connectivity index (χ4n) is 7.86. The smallest absolute Gasteiger partial charge is 0.0991 e. The van der Waals surface area contributed by atoms with E-state index in [1.807, 2.05) is 24.3 Å². The zero-order chi connectivity index (χ0) is 34.6. The Labute approximate surface area is 301 Å². The molecule has 0 saturated heterocycles. The number of para-hydroxylation sites is 1. The first-order chi connectivity index (χ1) is 25.7. The van der Waals surface area contributed by atoms with E-state index in [1.54, 1.807) is 0 Å². The first-order valence-corrected chi connectivity index (χ1v) is 17.6. The van der Waals surface area contributed by atoms with Crippen LogP contribution in [0.4, 0.5) is 0 Å². The average molecular weight is 662 g/mol. The minimum atomic E-state index is 0.652. The number of benzene rings is 8. The van der Waals surface area contributed by atoms with Crippen molar-refractivity contribution in [2.45, 2.75) is 0 Å². The van der Waals surface area contributed by atoms with Crippen molar-refractivity contribution in [3.05, 3.63) is 194 Å². The lowest BCUT2D eigenvalue weighted by atomic mass is 9.99. The molecular formula is C49H31N3. The Bertz CT molecular complexity index is 3000. The summed E-state index contributed by atoms with van der Waals surface area (Å²) in [5, 5.41) is 14.3. The first-order valence-electron chi connectivity index (χ1n) is 17.6. The molecule has 8 aromatic carbocycles. The van der Waals surface area contributed by atoms with Gasteiger partial charge in [0.2, 0.25) is 0 Å². The van der Waals surface area contributed by atoms with Crippen molar-refractivity contribution < 1.29 is 0 Å². The Hall–Kier alpha value is -7.15. The fourth-order valence-corrected chi connectivity index (χ4v) is 7.86. The topological polar surface area (TPSA) is 33.6 Å². The highest BCUT2D eigenvalue weighted by molar-refractivity contribution is 6.13. The molecule has 0 spiro atoms. The van der Waals surface area contributed by atoms with Gasteiger partial charge in [0.05, 0.1) is 33.7 Å². The van der Waals surface area contributed by atoms with E-state index in [-0.39, 0.29) is 0 Å². The number of fused-ring (bicyclic) bond motifs is 6. The maximum Gasteiger partial charge on any atom is 0.0991 e. The summed E-state index contributed by atoms with van der Waals surface area (Å²) in [6.45, 7) is 0. The third kappa shape index (κ3) is 4.81. The summed E-state index contributed by atoms with van der Waals surface area (Å²) in [6, 6.07) is 69.2. The van der Waals surface area contributed by atoms with E-state index in [4.69, 9.17) is 0 Å². The van der Waals surface area contributed by atoms with Crippen molar-refractivity contribution in [1.29, 1.82) is 5.26 Å². The molecule has 0 unspecified atom stereocenters. The molecule has 2 aromatic heterocycles. The third-order valence-corrected chi connectivity index (χ3v) is 10.3. The molecule has 0 fully saturated rings. The summed E-state index contributed by atoms with van der Waals surface area (Å²) in [5.41, 5.74) is 14.6. The molecule has 10 rings (SSSR count). The van der Waals surface area contributed by atoms with Crippen molar-refractivity contribution in [2.24, 2.45) is 0 Å². The molecule has 52 heavy (non-hydrogen) atoms. The standard InChI is InChI=1S/C49H31N3/c50-32-33-18-23-40(24-19-33)51-48-25-20-37(35-12-5-2-6-13-35)29-44(48)45-31-39(22-27-49(45)51)38-21-26-47-43(30-38)42-16-7-8-17-46(42)52(47)41-15-9-14-36(28-41)34-10-3-1-4-11-34/h1-31H. The Balaban J connectivity index is 1.16. The number of rotatable bonds is 5. The van der Waals surface area contributed by atoms with Gasteiger partial charge in [0, 0.05) is 32.9 Å². The molecule has 0 saturated carbocycles. The van der Waals surface area contributed by atoms with Crippen LogP contribution in [0.5, 0.6) is 0 Å². The molecular weight excluding hydrogens is 631 g/mol. The van der Waals surface area contributed by atoms with Gasteiger partial charge in [-0.15, -0.1) is 0 Å². The Morgan fingerprint density at radius 3 is 1.33 bits per heavy atom. The summed E-state index contributed by atoms with van der Waals surface area (Å²) >= 11 is 0. The van der Waals surface area contributed by atoms with E-state index in [2.05, 4.69) is 179 Å². The second-order valence-electron chi connectivity index (χ2n) is 13.3. The van der Waals surface area contributed by atoms with E-state index in [9.17, 15) is 5.26 Å². The average Bonchev–Trinajstić information content (AvgIpc) is 3.73. The highest BCUT2D eigenvalue weighted by Crippen LogP contribution is 2.39. The van der Waals surface area contributed by atoms with Gasteiger partial charge in [-0.3, -0.25) is 0 Å². The number of aromatic nitrogens is 2. The quantitative estimate of drug-likeness (QED) is 0.181. The summed E-state index contributed by atoms with van der Waals surface area (Å²) < 4.78 is 4.70. The lowest BCUT2D eigenvalue weighted by Crippen LogP contribution is -1.94. The summed E-state index contributed by atoms with van der Waals surface area (Å²) in [5.74, 6) is 0. The molecule has 242 valence electrons. The highest BCUT2D eigenvalue weighted by atomic mass is 15.0. The van der Waals surface area contributed by atoms with Crippen LogP contribution in [0.2, 0.25) is 0 Å². The minimum Gasteiger partial charge on any atom is -0.309 e. The van der Waals surface area contributed by atoms with E-state index in [0.29, 0.717) is 5.56 Å². The maximum absolute atomic E-state index is 9.46. The van der Waals surface area contributed by atoms with Gasteiger partial charge in [-0.2, -0.15) is 5.26 Å². The van der Waals surface area contributed by atoms with Crippen molar-refractivity contribution >= 4 is 43.6 Å². The Morgan fingerprint density at radius 1 is 0.308 bits per heavy atom. The van der Waals surface area contributed by atoms with Gasteiger partial charge in [0.15, 0.2) is 0 Å². The summed E-state index contributed by atoms with van der Waals surface area (Å²) in [7, 11) is 0. The Kier molecular flexibility index (Phi) is 6.87. The van der Waals surface area contributed by atoms with Crippen LogP contribution in [-0.2, 0) is 0 Å². The maximum atomic E-state index is 9.46. The fraction of sp³-hybridized carbons (Fsp3) is 0. The first kappa shape index (κ1) is 29.7. The number of nitriles is 1. The van der Waals surface area contributed by atoms with Crippen molar-refractivity contribution in [3.8, 4) is 50.8 Å². The van der Waals surface area contributed by atoms with Crippen molar-refractivity contribution in [3.63, 3.8) is 0 Å². The molecule has 3 heteroatoms. The van der Waals surface area contributed by atoms with Crippen LogP contribution in [0, 0.1) is 11.3 Å². The number of nitrogens with zero attached hydrogens (tertiary/aromatic N) is 3. The van der Waals surface area contributed by atoms with Crippen LogP contribution < -0.4 is 0 Å². The second-order valence-corrected chi connectivity index (χ2v) is 13.3. The van der Waals surface area contributed by atoms with Crippen LogP contribution in [0.3, 0.4) is 0 Å². The van der Waals surface area contributed by atoms with Gasteiger partial charge in [0.25, 0.3) is 0 Å². The SMILES string of the molecule is N#Cc1ccc(-n2c3ccc(-c4ccccc4)cc3c3cc(-c4ccc5c(c4)c4ccccc4n5-c4cccc(-c5ccccc5)c4)ccc32)cc1. The molecule has 0 aliphatic rings. The zero-order valence-electron chi connectivity index (χ0n) is 28.2. The van der Waals surface area contributed by atoms with Crippen molar-refractivity contribution in [2.75, 3.05) is 0 Å². The van der Waals surface area contributed by atoms with Crippen LogP contribution in [0.25, 0.3) is 88.4 Å². The van der Waals surface area contributed by atoms with Gasteiger partial charge >= 0.3 is 0 Å². The van der Waals surface area contributed by atoms with Crippen molar-refractivity contribution in [1.82, 2.24) is 9.13 Å². The lowest BCUT2D eigenvalue weighted by Gasteiger charge is -2.11. The molecule has 0 amide bonds. The molecule has 0 radical (unpaired) electrons. The predicted octanol–water partition coefficient (Wildman–Crippen LogP) is 12.8. The van der Waals surface area contributed by atoms with Gasteiger partial charge < -0.3 is 9.13 Å². The van der Waals surface area contributed by atoms with Crippen LogP contribution in [0.15, 0.2) is 188 Å². The molecule has 0 aliphatic carbocycles. The monoisotopic (exact) mass is 661 g/mol. The van der Waals surface area contributed by atoms with Crippen LogP contribution in [-0.4, -0.2) is 9.13 Å². The van der Waals surface area contributed by atoms with Gasteiger partial charge in [-0.05, 0) is 112 Å².